The van der Waals surface area contributed by atoms with Crippen molar-refractivity contribution >= 4 is 17.3 Å². The number of aliphatic hydroxyl groups is 1. The maximum absolute atomic E-state index is 13.4. The molecule has 0 amide bonds. The quantitative estimate of drug-likeness (QED) is 0.603. The lowest BCUT2D eigenvalue weighted by Gasteiger charge is -2.31. The molecule has 3 aromatic rings. The van der Waals surface area contributed by atoms with Crippen molar-refractivity contribution in [3.05, 3.63) is 68.5 Å². The van der Waals surface area contributed by atoms with E-state index in [1.165, 1.54) is 31.3 Å². The fourth-order valence-corrected chi connectivity index (χ4v) is 3.59. The van der Waals surface area contributed by atoms with Crippen LogP contribution in [0.15, 0.2) is 35.3 Å². The first-order chi connectivity index (χ1) is 15.1. The molecule has 1 aliphatic rings. The molecule has 4 rings (SSSR count). The lowest BCUT2D eigenvalue weighted by molar-refractivity contribution is -0.138. The van der Waals surface area contributed by atoms with Gasteiger partial charge in [-0.05, 0) is 25.5 Å². The molecule has 0 radical (unpaired) electrons. The molecule has 12 heteroatoms. The Morgan fingerprint density at radius 3 is 2.75 bits per heavy atom. The molecule has 1 aliphatic heterocycles. The summed E-state index contributed by atoms with van der Waals surface area (Å²) in [6, 6.07) is 4.82. The Morgan fingerprint density at radius 1 is 1.28 bits per heavy atom. The zero-order chi connectivity index (χ0) is 23.0. The number of aliphatic hydroxyl groups excluding tert-OH is 1. The number of para-hydroxylation sites is 1. The number of nitrogens with zero attached hydrogens (tertiary/aromatic N) is 4. The molecule has 1 atom stereocenters. The molecule has 0 saturated heterocycles. The fraction of sp³-hybridized carbons (Fsp3) is 0.300. The van der Waals surface area contributed by atoms with Crippen molar-refractivity contribution in [1.29, 1.82) is 0 Å². The maximum Gasteiger partial charge on any atom is 0.419 e. The van der Waals surface area contributed by atoms with E-state index in [1.807, 2.05) is 0 Å². The summed E-state index contributed by atoms with van der Waals surface area (Å²) in [5, 5.41) is 16.0. The molecule has 0 saturated carbocycles. The second-order valence-electron chi connectivity index (χ2n) is 7.15. The highest BCUT2D eigenvalue weighted by Gasteiger charge is 2.35. The van der Waals surface area contributed by atoms with Gasteiger partial charge in [0.25, 0.3) is 5.56 Å². The van der Waals surface area contributed by atoms with E-state index in [9.17, 15) is 23.1 Å². The van der Waals surface area contributed by atoms with Crippen LogP contribution in [0.3, 0.4) is 0 Å². The second-order valence-corrected chi connectivity index (χ2v) is 7.53. The first-order valence-electron chi connectivity index (χ1n) is 9.55. The molecule has 0 fully saturated rings. The summed E-state index contributed by atoms with van der Waals surface area (Å²) in [4.78, 5) is 22.1. The van der Waals surface area contributed by atoms with Crippen molar-refractivity contribution in [3.63, 3.8) is 0 Å². The van der Waals surface area contributed by atoms with Crippen LogP contribution in [0.1, 0.15) is 35.7 Å². The van der Waals surface area contributed by atoms with Gasteiger partial charge in [-0.25, -0.2) is 10.1 Å². The van der Waals surface area contributed by atoms with Crippen LogP contribution in [0.4, 0.5) is 18.9 Å². The number of halogens is 4. The van der Waals surface area contributed by atoms with E-state index >= 15 is 0 Å². The Balaban J connectivity index is 1.75. The average Bonchev–Trinajstić information content (AvgIpc) is 2.74. The van der Waals surface area contributed by atoms with Crippen LogP contribution in [-0.2, 0) is 19.1 Å². The molecule has 0 unspecified atom stereocenters. The second kappa shape index (κ2) is 8.40. The van der Waals surface area contributed by atoms with Crippen molar-refractivity contribution in [2.45, 2.75) is 32.2 Å². The van der Waals surface area contributed by atoms with Crippen molar-refractivity contribution in [2.24, 2.45) is 0 Å². The minimum absolute atomic E-state index is 0.000204. The third-order valence-corrected chi connectivity index (χ3v) is 5.30. The third kappa shape index (κ3) is 4.26. The van der Waals surface area contributed by atoms with Gasteiger partial charge in [-0.1, -0.05) is 23.7 Å². The first kappa shape index (κ1) is 22.0. The number of rotatable bonds is 4. The van der Waals surface area contributed by atoms with Gasteiger partial charge in [-0.3, -0.25) is 4.79 Å². The van der Waals surface area contributed by atoms with Crippen LogP contribution in [0, 0.1) is 0 Å². The molecule has 168 valence electrons. The number of nitrogens with one attached hydrogen (secondary N) is 1. The van der Waals surface area contributed by atoms with Gasteiger partial charge < -0.3 is 14.7 Å². The normalized spacial score (nSPS) is 14.8. The SMILES string of the molecule is C[C@@H](O)c1nc2c(c(Oc3ccccc3C(F)(F)F)n1)CCN(c1cn[nH]c(=O)c1Cl)C2. The number of hydrogen-bond acceptors (Lipinski definition) is 7. The van der Waals surface area contributed by atoms with Gasteiger partial charge >= 0.3 is 6.18 Å². The number of ether oxygens (including phenoxy) is 1. The van der Waals surface area contributed by atoms with Gasteiger partial charge in [0.05, 0.1) is 29.7 Å². The molecule has 0 aliphatic carbocycles. The van der Waals surface area contributed by atoms with Crippen molar-refractivity contribution in [2.75, 3.05) is 11.4 Å². The molecule has 2 aromatic heterocycles. The van der Waals surface area contributed by atoms with Crippen LogP contribution >= 0.6 is 11.6 Å². The Kier molecular flexibility index (Phi) is 5.78. The molecule has 32 heavy (non-hydrogen) atoms. The lowest BCUT2D eigenvalue weighted by Crippen LogP contribution is -2.33. The summed E-state index contributed by atoms with van der Waals surface area (Å²) in [5.41, 5.74) is -0.141. The van der Waals surface area contributed by atoms with E-state index < -0.39 is 29.2 Å². The summed E-state index contributed by atoms with van der Waals surface area (Å²) >= 11 is 6.10. The van der Waals surface area contributed by atoms with Crippen molar-refractivity contribution in [1.82, 2.24) is 20.2 Å². The topological polar surface area (TPSA) is 104 Å². The predicted molar refractivity (Wildman–Crippen MR) is 109 cm³/mol. The lowest BCUT2D eigenvalue weighted by atomic mass is 10.0. The predicted octanol–water partition coefficient (Wildman–Crippen LogP) is 3.64. The molecule has 0 bridgehead atoms. The molecular weight excluding hydrogens is 451 g/mol. The van der Waals surface area contributed by atoms with Gasteiger partial charge in [-0.15, -0.1) is 0 Å². The van der Waals surface area contributed by atoms with E-state index in [-0.39, 0.29) is 23.3 Å². The first-order valence-corrected chi connectivity index (χ1v) is 9.93. The summed E-state index contributed by atoms with van der Waals surface area (Å²) in [5.74, 6) is -0.459. The summed E-state index contributed by atoms with van der Waals surface area (Å²) in [6.45, 7) is 1.97. The largest absolute Gasteiger partial charge is 0.438 e. The highest BCUT2D eigenvalue weighted by Crippen LogP contribution is 2.39. The monoisotopic (exact) mass is 467 g/mol. The average molecular weight is 468 g/mol. The Morgan fingerprint density at radius 2 is 2.03 bits per heavy atom. The maximum atomic E-state index is 13.4. The number of benzene rings is 1. The third-order valence-electron chi connectivity index (χ3n) is 4.94. The summed E-state index contributed by atoms with van der Waals surface area (Å²) < 4.78 is 45.8. The van der Waals surface area contributed by atoms with Gasteiger partial charge in [0, 0.05) is 12.1 Å². The van der Waals surface area contributed by atoms with Crippen LogP contribution in [0.2, 0.25) is 5.02 Å². The molecule has 0 spiro atoms. The van der Waals surface area contributed by atoms with Gasteiger partial charge in [0.2, 0.25) is 5.88 Å². The minimum Gasteiger partial charge on any atom is -0.438 e. The number of hydrogen-bond donors (Lipinski definition) is 2. The number of aromatic nitrogens is 4. The summed E-state index contributed by atoms with van der Waals surface area (Å²) in [7, 11) is 0. The van der Waals surface area contributed by atoms with E-state index in [0.29, 0.717) is 29.9 Å². The Labute approximate surface area is 184 Å². The van der Waals surface area contributed by atoms with E-state index in [0.717, 1.165) is 6.07 Å². The minimum atomic E-state index is -4.61. The molecule has 1 aromatic carbocycles. The number of H-pyrrole nitrogens is 1. The number of aromatic amines is 1. The van der Waals surface area contributed by atoms with Gasteiger partial charge in [-0.2, -0.15) is 23.3 Å². The molecule has 2 N–H and O–H groups in total. The smallest absolute Gasteiger partial charge is 0.419 e. The van der Waals surface area contributed by atoms with Crippen LogP contribution in [-0.4, -0.2) is 31.8 Å². The molecule has 8 nitrogen and oxygen atoms in total. The van der Waals surface area contributed by atoms with Crippen molar-refractivity contribution < 1.29 is 23.0 Å². The molecular formula is C20H17ClF3N5O3. The van der Waals surface area contributed by atoms with Crippen LogP contribution < -0.4 is 15.2 Å². The van der Waals surface area contributed by atoms with E-state index in [4.69, 9.17) is 16.3 Å². The fourth-order valence-electron chi connectivity index (χ4n) is 3.38. The summed E-state index contributed by atoms with van der Waals surface area (Å²) in [6.07, 6.45) is -3.98. The Bertz CT molecular complexity index is 1220. The standard InChI is InChI=1S/C20H17ClF3N5O3/c1-10(30)17-26-13-9-29(14-8-25-28-18(31)16(14)21)7-6-11(13)19(27-17)32-15-5-3-2-4-12(15)20(22,23)24/h2-5,8,10,30H,6-7,9H2,1H3,(H,28,31)/t10-/m1/s1. The number of anilines is 1. The van der Waals surface area contributed by atoms with Gasteiger partial charge in [0.1, 0.15) is 16.9 Å². The van der Waals surface area contributed by atoms with Gasteiger partial charge in [0.15, 0.2) is 5.82 Å². The zero-order valence-electron chi connectivity index (χ0n) is 16.6. The van der Waals surface area contributed by atoms with Crippen LogP contribution in [0.25, 0.3) is 0 Å². The Hall–Kier alpha value is -3.18. The number of alkyl halides is 3. The van der Waals surface area contributed by atoms with E-state index in [2.05, 4.69) is 20.2 Å². The molecule has 3 heterocycles. The number of fused-ring (bicyclic) bond motifs is 1. The van der Waals surface area contributed by atoms with Crippen molar-refractivity contribution in [3.8, 4) is 11.6 Å². The highest BCUT2D eigenvalue weighted by atomic mass is 35.5. The van der Waals surface area contributed by atoms with E-state index in [1.54, 1.807) is 4.90 Å². The van der Waals surface area contributed by atoms with Crippen LogP contribution in [0.5, 0.6) is 11.6 Å². The zero-order valence-corrected chi connectivity index (χ0v) is 17.4. The highest BCUT2D eigenvalue weighted by molar-refractivity contribution is 6.33.